The van der Waals surface area contributed by atoms with Crippen molar-refractivity contribution in [3.05, 3.63) is 0 Å². The number of nitrogens with one attached hydrogen (secondary N) is 1. The number of amides is 1. The minimum absolute atomic E-state index is 0.0674. The highest BCUT2D eigenvalue weighted by molar-refractivity contribution is 5.81. The van der Waals surface area contributed by atoms with Crippen molar-refractivity contribution in [2.24, 2.45) is 11.7 Å². The van der Waals surface area contributed by atoms with Crippen molar-refractivity contribution in [1.29, 1.82) is 0 Å². The summed E-state index contributed by atoms with van der Waals surface area (Å²) in [6.45, 7) is 2.17. The van der Waals surface area contributed by atoms with Crippen molar-refractivity contribution in [3.8, 4) is 0 Å². The summed E-state index contributed by atoms with van der Waals surface area (Å²) in [6.07, 6.45) is 4.70. The number of hydrogen-bond acceptors (Lipinski definition) is 3. The Morgan fingerprint density at radius 1 is 1.60 bits per heavy atom. The van der Waals surface area contributed by atoms with Crippen molar-refractivity contribution in [3.63, 3.8) is 0 Å². The Kier molecular flexibility index (Phi) is 5.05. The average molecular weight is 214 g/mol. The van der Waals surface area contributed by atoms with Gasteiger partial charge in [0.15, 0.2) is 0 Å². The Morgan fingerprint density at radius 2 is 2.33 bits per heavy atom. The molecular weight excluding hydrogens is 192 g/mol. The van der Waals surface area contributed by atoms with E-state index in [0.29, 0.717) is 0 Å². The van der Waals surface area contributed by atoms with Crippen LogP contribution in [0.4, 0.5) is 0 Å². The Bertz CT molecular complexity index is 209. The smallest absolute Gasteiger partial charge is 0.237 e. The van der Waals surface area contributed by atoms with Crippen molar-refractivity contribution >= 4 is 5.91 Å². The fourth-order valence-corrected chi connectivity index (χ4v) is 2.18. The zero-order chi connectivity index (χ0) is 11.3. The first kappa shape index (κ1) is 12.5. The first-order chi connectivity index (χ1) is 7.19. The summed E-state index contributed by atoms with van der Waals surface area (Å²) >= 11 is 0. The fraction of sp³-hybridized carbons (Fsp3) is 0.909. The highest BCUT2D eigenvalue weighted by atomic mass is 16.3. The van der Waals surface area contributed by atoms with E-state index in [1.807, 2.05) is 6.92 Å². The van der Waals surface area contributed by atoms with Crippen LogP contribution in [0.5, 0.6) is 0 Å². The van der Waals surface area contributed by atoms with Gasteiger partial charge in [0, 0.05) is 18.6 Å². The van der Waals surface area contributed by atoms with Crippen LogP contribution in [-0.2, 0) is 4.79 Å². The number of aliphatic hydroxyl groups excluding tert-OH is 1. The molecule has 4 heteroatoms. The Morgan fingerprint density at radius 3 is 2.93 bits per heavy atom. The minimum atomic E-state index is -0.394. The molecule has 0 saturated heterocycles. The molecule has 1 aliphatic rings. The highest BCUT2D eigenvalue weighted by Gasteiger charge is 2.28. The zero-order valence-corrected chi connectivity index (χ0v) is 9.41. The van der Waals surface area contributed by atoms with Crippen LogP contribution in [0, 0.1) is 5.92 Å². The number of nitrogens with two attached hydrogens (primary N) is 1. The lowest BCUT2D eigenvalue weighted by molar-refractivity contribution is -0.123. The maximum absolute atomic E-state index is 11.6. The van der Waals surface area contributed by atoms with Gasteiger partial charge in [-0.2, -0.15) is 0 Å². The summed E-state index contributed by atoms with van der Waals surface area (Å²) < 4.78 is 0. The van der Waals surface area contributed by atoms with Crippen LogP contribution in [0.2, 0.25) is 0 Å². The third-order valence-corrected chi connectivity index (χ3v) is 3.16. The lowest BCUT2D eigenvalue weighted by atomic mass is 10.0. The van der Waals surface area contributed by atoms with E-state index in [0.717, 1.165) is 32.1 Å². The van der Waals surface area contributed by atoms with Gasteiger partial charge in [-0.25, -0.2) is 0 Å². The molecule has 0 aromatic heterocycles. The minimum Gasteiger partial charge on any atom is -0.396 e. The first-order valence-electron chi connectivity index (χ1n) is 5.85. The molecule has 0 aromatic rings. The van der Waals surface area contributed by atoms with Crippen molar-refractivity contribution in [2.45, 2.75) is 51.1 Å². The molecule has 0 radical (unpaired) electrons. The molecule has 88 valence electrons. The number of hydrogen-bond donors (Lipinski definition) is 3. The van der Waals surface area contributed by atoms with Crippen molar-refractivity contribution in [1.82, 2.24) is 5.32 Å². The molecule has 2 unspecified atom stereocenters. The molecule has 1 amide bonds. The number of aliphatic hydroxyl groups is 1. The van der Waals surface area contributed by atoms with Crippen LogP contribution in [0.3, 0.4) is 0 Å². The summed E-state index contributed by atoms with van der Waals surface area (Å²) in [4.78, 5) is 11.6. The SMILES string of the molecule is CCC[C@@H](N)C(=O)NC1CCCC1CO. The molecule has 0 aliphatic heterocycles. The van der Waals surface area contributed by atoms with Gasteiger partial charge in [-0.3, -0.25) is 4.79 Å². The standard InChI is InChI=1S/C11H22N2O2/c1-2-4-9(12)11(15)13-10-6-3-5-8(10)7-14/h8-10,14H,2-7,12H2,1H3,(H,13,15)/t8?,9-,10?/m1/s1. The van der Waals surface area contributed by atoms with Crippen LogP contribution < -0.4 is 11.1 Å². The van der Waals surface area contributed by atoms with E-state index in [1.165, 1.54) is 0 Å². The third-order valence-electron chi connectivity index (χ3n) is 3.16. The van der Waals surface area contributed by atoms with E-state index < -0.39 is 6.04 Å². The predicted octanol–water partition coefficient (Wildman–Crippen LogP) is 0.391. The van der Waals surface area contributed by atoms with E-state index in [2.05, 4.69) is 5.32 Å². The Labute approximate surface area is 91.2 Å². The lowest BCUT2D eigenvalue weighted by Crippen LogP contribution is -2.47. The van der Waals surface area contributed by atoms with Gasteiger partial charge in [0.25, 0.3) is 0 Å². The maximum Gasteiger partial charge on any atom is 0.237 e. The molecule has 0 bridgehead atoms. The van der Waals surface area contributed by atoms with Gasteiger partial charge in [-0.1, -0.05) is 19.8 Å². The lowest BCUT2D eigenvalue weighted by Gasteiger charge is -2.21. The molecule has 1 aliphatic carbocycles. The molecule has 0 heterocycles. The molecule has 1 rings (SSSR count). The summed E-state index contributed by atoms with van der Waals surface area (Å²) in [5, 5.41) is 12.0. The molecule has 0 aromatic carbocycles. The molecule has 15 heavy (non-hydrogen) atoms. The molecule has 1 saturated carbocycles. The normalized spacial score (nSPS) is 27.7. The van der Waals surface area contributed by atoms with Gasteiger partial charge in [0.2, 0.25) is 5.91 Å². The molecule has 4 nitrogen and oxygen atoms in total. The number of rotatable bonds is 5. The van der Waals surface area contributed by atoms with E-state index in [1.54, 1.807) is 0 Å². The number of carbonyl (C=O) groups excluding carboxylic acids is 1. The zero-order valence-electron chi connectivity index (χ0n) is 9.41. The van der Waals surface area contributed by atoms with Gasteiger partial charge in [0.1, 0.15) is 0 Å². The van der Waals surface area contributed by atoms with Crippen molar-refractivity contribution < 1.29 is 9.90 Å². The third kappa shape index (κ3) is 3.47. The van der Waals surface area contributed by atoms with E-state index >= 15 is 0 Å². The Hall–Kier alpha value is -0.610. The first-order valence-corrected chi connectivity index (χ1v) is 5.85. The second-order valence-electron chi connectivity index (χ2n) is 4.38. The summed E-state index contributed by atoms with van der Waals surface area (Å²) in [6, 6.07) is -0.264. The van der Waals surface area contributed by atoms with E-state index in [9.17, 15) is 4.79 Å². The fourth-order valence-electron chi connectivity index (χ4n) is 2.18. The van der Waals surface area contributed by atoms with Gasteiger partial charge in [-0.15, -0.1) is 0 Å². The molecule has 4 N–H and O–H groups in total. The van der Waals surface area contributed by atoms with Crippen LogP contribution >= 0.6 is 0 Å². The van der Waals surface area contributed by atoms with Gasteiger partial charge < -0.3 is 16.2 Å². The van der Waals surface area contributed by atoms with E-state index in [-0.39, 0.29) is 24.5 Å². The second-order valence-corrected chi connectivity index (χ2v) is 4.38. The second kappa shape index (κ2) is 6.08. The molecular formula is C11H22N2O2. The summed E-state index contributed by atoms with van der Waals surface area (Å²) in [5.41, 5.74) is 5.72. The predicted molar refractivity (Wildman–Crippen MR) is 59.2 cm³/mol. The van der Waals surface area contributed by atoms with Gasteiger partial charge >= 0.3 is 0 Å². The molecule has 0 spiro atoms. The summed E-state index contributed by atoms with van der Waals surface area (Å²) in [5.74, 6) is 0.157. The van der Waals surface area contributed by atoms with Crippen LogP contribution in [0.25, 0.3) is 0 Å². The van der Waals surface area contributed by atoms with Gasteiger partial charge in [-0.05, 0) is 19.3 Å². The monoisotopic (exact) mass is 214 g/mol. The van der Waals surface area contributed by atoms with Crippen molar-refractivity contribution in [2.75, 3.05) is 6.61 Å². The van der Waals surface area contributed by atoms with Gasteiger partial charge in [0.05, 0.1) is 6.04 Å². The topological polar surface area (TPSA) is 75.4 Å². The molecule has 1 fully saturated rings. The van der Waals surface area contributed by atoms with Crippen LogP contribution in [-0.4, -0.2) is 29.7 Å². The maximum atomic E-state index is 11.6. The van der Waals surface area contributed by atoms with Crippen LogP contribution in [0.1, 0.15) is 39.0 Å². The van der Waals surface area contributed by atoms with E-state index in [4.69, 9.17) is 10.8 Å². The summed E-state index contributed by atoms with van der Waals surface area (Å²) in [7, 11) is 0. The largest absolute Gasteiger partial charge is 0.396 e. The Balaban J connectivity index is 2.36. The number of carbonyl (C=O) groups is 1. The van der Waals surface area contributed by atoms with Crippen LogP contribution in [0.15, 0.2) is 0 Å². The quantitative estimate of drug-likeness (QED) is 0.619. The molecule has 3 atom stereocenters. The highest BCUT2D eigenvalue weighted by Crippen LogP contribution is 2.25. The average Bonchev–Trinajstić information content (AvgIpc) is 2.65.